The van der Waals surface area contributed by atoms with Gasteiger partial charge in [0.25, 0.3) is 0 Å². The molecule has 1 aliphatic heterocycles. The second-order valence-electron chi connectivity index (χ2n) is 6.12. The van der Waals surface area contributed by atoms with Gasteiger partial charge in [0.2, 0.25) is 0 Å². The van der Waals surface area contributed by atoms with E-state index in [0.29, 0.717) is 6.04 Å². The van der Waals surface area contributed by atoms with E-state index in [0.717, 1.165) is 24.1 Å². The van der Waals surface area contributed by atoms with Crippen molar-refractivity contribution < 1.29 is 4.74 Å². The van der Waals surface area contributed by atoms with Gasteiger partial charge < -0.3 is 15.0 Å². The Morgan fingerprint density at radius 3 is 2.80 bits per heavy atom. The van der Waals surface area contributed by atoms with Gasteiger partial charge in [0, 0.05) is 19.1 Å². The second kappa shape index (κ2) is 7.09. The van der Waals surface area contributed by atoms with Gasteiger partial charge >= 0.3 is 0 Å². The van der Waals surface area contributed by atoms with Crippen molar-refractivity contribution in [2.45, 2.75) is 26.3 Å². The Bertz CT molecular complexity index is 421. The van der Waals surface area contributed by atoms with Crippen LogP contribution in [0.1, 0.15) is 31.9 Å². The number of ether oxygens (including phenoxy) is 1. The normalized spacial score (nSPS) is 25.4. The van der Waals surface area contributed by atoms with Crippen LogP contribution in [0.25, 0.3) is 0 Å². The van der Waals surface area contributed by atoms with Crippen molar-refractivity contribution in [2.75, 3.05) is 33.8 Å². The summed E-state index contributed by atoms with van der Waals surface area (Å²) in [5.41, 5.74) is 1.30. The van der Waals surface area contributed by atoms with E-state index in [1.807, 2.05) is 13.1 Å². The smallest absolute Gasteiger partial charge is 0.119 e. The summed E-state index contributed by atoms with van der Waals surface area (Å²) in [4.78, 5) is 2.59. The zero-order valence-electron chi connectivity index (χ0n) is 13.2. The highest BCUT2D eigenvalue weighted by molar-refractivity contribution is 5.30. The molecule has 3 heteroatoms. The quantitative estimate of drug-likeness (QED) is 0.895. The molecule has 0 aliphatic carbocycles. The van der Waals surface area contributed by atoms with Crippen molar-refractivity contribution in [2.24, 2.45) is 11.8 Å². The highest BCUT2D eigenvalue weighted by Crippen LogP contribution is 2.25. The van der Waals surface area contributed by atoms with Crippen LogP contribution in [0.3, 0.4) is 0 Å². The molecule has 0 aromatic heterocycles. The monoisotopic (exact) mass is 276 g/mol. The Morgan fingerprint density at radius 1 is 1.35 bits per heavy atom. The fourth-order valence-electron chi connectivity index (χ4n) is 2.99. The van der Waals surface area contributed by atoms with Crippen LogP contribution in [-0.2, 0) is 0 Å². The highest BCUT2D eigenvalue weighted by atomic mass is 16.5. The summed E-state index contributed by atoms with van der Waals surface area (Å²) in [6.45, 7) is 8.24. The maximum absolute atomic E-state index is 5.33. The molecular formula is C17H28N2O. The summed E-state index contributed by atoms with van der Waals surface area (Å²) in [7, 11) is 3.77. The molecule has 2 rings (SSSR count). The Balaban J connectivity index is 2.01. The topological polar surface area (TPSA) is 24.5 Å². The van der Waals surface area contributed by atoms with Gasteiger partial charge in [0.1, 0.15) is 5.75 Å². The Labute approximate surface area is 123 Å². The number of likely N-dealkylation sites (N-methyl/N-ethyl adjacent to an activating group) is 1. The van der Waals surface area contributed by atoms with Gasteiger partial charge in [-0.05, 0) is 49.5 Å². The summed E-state index contributed by atoms with van der Waals surface area (Å²) in [5, 5.41) is 3.45. The molecule has 3 atom stereocenters. The molecule has 1 aliphatic rings. The second-order valence-corrected chi connectivity index (χ2v) is 6.12. The fourth-order valence-corrected chi connectivity index (χ4v) is 2.99. The third-order valence-electron chi connectivity index (χ3n) is 4.70. The molecule has 1 saturated heterocycles. The van der Waals surface area contributed by atoms with E-state index in [1.165, 1.54) is 25.1 Å². The number of nitrogens with one attached hydrogen (secondary N) is 1. The van der Waals surface area contributed by atoms with Crippen molar-refractivity contribution in [3.8, 4) is 5.75 Å². The summed E-state index contributed by atoms with van der Waals surface area (Å²) in [6.07, 6.45) is 1.32. The molecule has 1 N–H and O–H groups in total. The molecule has 112 valence electrons. The average molecular weight is 276 g/mol. The minimum Gasteiger partial charge on any atom is -0.497 e. The lowest BCUT2D eigenvalue weighted by Gasteiger charge is -2.37. The van der Waals surface area contributed by atoms with E-state index in [1.54, 1.807) is 7.11 Å². The molecule has 3 unspecified atom stereocenters. The van der Waals surface area contributed by atoms with Crippen LogP contribution in [-0.4, -0.2) is 38.7 Å². The Kier molecular flexibility index (Phi) is 5.44. The molecule has 1 aromatic carbocycles. The van der Waals surface area contributed by atoms with E-state index in [9.17, 15) is 0 Å². The minimum absolute atomic E-state index is 0.366. The zero-order chi connectivity index (χ0) is 14.5. The molecule has 1 fully saturated rings. The van der Waals surface area contributed by atoms with Gasteiger partial charge in [-0.1, -0.05) is 26.0 Å². The van der Waals surface area contributed by atoms with Crippen LogP contribution in [0.2, 0.25) is 0 Å². The van der Waals surface area contributed by atoms with Crippen molar-refractivity contribution in [1.82, 2.24) is 10.2 Å². The number of hydrogen-bond acceptors (Lipinski definition) is 3. The molecule has 20 heavy (non-hydrogen) atoms. The lowest BCUT2D eigenvalue weighted by atomic mass is 9.88. The van der Waals surface area contributed by atoms with Crippen LogP contribution >= 0.6 is 0 Å². The summed E-state index contributed by atoms with van der Waals surface area (Å²) < 4.78 is 5.33. The molecule has 0 bridgehead atoms. The van der Waals surface area contributed by atoms with Gasteiger partial charge in [-0.25, -0.2) is 0 Å². The molecule has 0 radical (unpaired) electrons. The first-order valence-corrected chi connectivity index (χ1v) is 7.67. The number of likely N-dealkylation sites (tertiary alicyclic amines) is 1. The van der Waals surface area contributed by atoms with Crippen molar-refractivity contribution >= 4 is 0 Å². The molecular weight excluding hydrogens is 248 g/mol. The number of methoxy groups -OCH3 is 1. The first-order valence-electron chi connectivity index (χ1n) is 7.67. The largest absolute Gasteiger partial charge is 0.497 e. The van der Waals surface area contributed by atoms with Crippen LogP contribution < -0.4 is 10.1 Å². The van der Waals surface area contributed by atoms with Crippen molar-refractivity contribution in [1.29, 1.82) is 0 Å². The minimum atomic E-state index is 0.366. The van der Waals surface area contributed by atoms with Gasteiger partial charge in [-0.2, -0.15) is 0 Å². The number of benzene rings is 1. The molecule has 1 heterocycles. The zero-order valence-corrected chi connectivity index (χ0v) is 13.2. The maximum Gasteiger partial charge on any atom is 0.119 e. The van der Waals surface area contributed by atoms with E-state index < -0.39 is 0 Å². The van der Waals surface area contributed by atoms with Crippen molar-refractivity contribution in [3.63, 3.8) is 0 Å². The maximum atomic E-state index is 5.33. The van der Waals surface area contributed by atoms with Crippen LogP contribution in [0.4, 0.5) is 0 Å². The summed E-state index contributed by atoms with van der Waals surface area (Å²) in [5.74, 6) is 2.59. The lowest BCUT2D eigenvalue weighted by Crippen LogP contribution is -2.42. The Morgan fingerprint density at radius 2 is 2.15 bits per heavy atom. The van der Waals surface area contributed by atoms with E-state index in [-0.39, 0.29) is 0 Å². The predicted molar refractivity (Wildman–Crippen MR) is 84.2 cm³/mol. The number of piperidine rings is 1. The first kappa shape index (κ1) is 15.3. The summed E-state index contributed by atoms with van der Waals surface area (Å²) >= 11 is 0. The Hall–Kier alpha value is -1.06. The summed E-state index contributed by atoms with van der Waals surface area (Å²) in [6, 6.07) is 8.75. The average Bonchev–Trinajstić information content (AvgIpc) is 2.48. The van der Waals surface area contributed by atoms with Gasteiger partial charge in [-0.15, -0.1) is 0 Å². The van der Waals surface area contributed by atoms with Crippen LogP contribution in [0.15, 0.2) is 24.3 Å². The molecule has 0 saturated carbocycles. The van der Waals surface area contributed by atoms with E-state index in [4.69, 9.17) is 4.74 Å². The fraction of sp³-hybridized carbons (Fsp3) is 0.647. The molecule has 1 aromatic rings. The number of nitrogens with zero attached hydrogens (tertiary/aromatic N) is 1. The van der Waals surface area contributed by atoms with Crippen LogP contribution in [0, 0.1) is 11.8 Å². The molecule has 3 nitrogen and oxygen atoms in total. The van der Waals surface area contributed by atoms with Gasteiger partial charge in [0.15, 0.2) is 0 Å². The standard InChI is InChI=1S/C17H28N2O/c1-13-8-9-19(11-14(13)2)12-17(18-3)15-6-5-7-16(10-15)20-4/h5-7,10,13-14,17-18H,8-9,11-12H2,1-4H3. The number of rotatable bonds is 5. The van der Waals surface area contributed by atoms with E-state index >= 15 is 0 Å². The first-order chi connectivity index (χ1) is 9.63. The van der Waals surface area contributed by atoms with Gasteiger partial charge in [0.05, 0.1) is 7.11 Å². The number of hydrogen-bond donors (Lipinski definition) is 1. The SMILES string of the molecule is CNC(CN1CCC(C)C(C)C1)c1cccc(OC)c1. The van der Waals surface area contributed by atoms with Crippen LogP contribution in [0.5, 0.6) is 5.75 Å². The molecule has 0 amide bonds. The van der Waals surface area contributed by atoms with Crippen molar-refractivity contribution in [3.05, 3.63) is 29.8 Å². The molecule has 0 spiro atoms. The third kappa shape index (κ3) is 3.74. The third-order valence-corrected chi connectivity index (χ3v) is 4.70. The predicted octanol–water partition coefficient (Wildman–Crippen LogP) is 2.93. The highest BCUT2D eigenvalue weighted by Gasteiger charge is 2.24. The lowest BCUT2D eigenvalue weighted by molar-refractivity contribution is 0.128. The van der Waals surface area contributed by atoms with Gasteiger partial charge in [-0.3, -0.25) is 0 Å². The van der Waals surface area contributed by atoms with E-state index in [2.05, 4.69) is 42.3 Å².